The molecule has 1 aromatic carbocycles. The van der Waals surface area contributed by atoms with Crippen molar-refractivity contribution in [3.63, 3.8) is 0 Å². The Labute approximate surface area is 270 Å². The lowest BCUT2D eigenvalue weighted by atomic mass is 9.93. The van der Waals surface area contributed by atoms with Crippen molar-refractivity contribution in [2.75, 3.05) is 57.3 Å². The molecule has 13 nitrogen and oxygen atoms in total. The number of benzene rings is 1. The van der Waals surface area contributed by atoms with Gasteiger partial charge >= 0.3 is 12.1 Å². The van der Waals surface area contributed by atoms with Crippen LogP contribution in [0.5, 0.6) is 0 Å². The maximum atomic E-state index is 13.7. The molecule has 3 amide bonds. The van der Waals surface area contributed by atoms with Gasteiger partial charge in [-0.3, -0.25) is 14.4 Å². The van der Waals surface area contributed by atoms with E-state index in [1.54, 1.807) is 15.9 Å². The van der Waals surface area contributed by atoms with Gasteiger partial charge in [0.2, 0.25) is 5.91 Å². The lowest BCUT2D eigenvalue weighted by molar-refractivity contribution is -0.138. The summed E-state index contributed by atoms with van der Waals surface area (Å²) in [7, 11) is 0. The zero-order valence-corrected chi connectivity index (χ0v) is 26.7. The first-order valence-corrected chi connectivity index (χ1v) is 16.4. The summed E-state index contributed by atoms with van der Waals surface area (Å²) in [6.45, 7) is 5.71. The van der Waals surface area contributed by atoms with E-state index in [1.807, 2.05) is 30.3 Å². The monoisotopic (exact) mass is 637 g/mol. The number of amides is 3. The number of nitrogens with zero attached hydrogens (tertiary/aromatic N) is 5. The highest BCUT2D eigenvalue weighted by Gasteiger charge is 2.32. The minimum atomic E-state index is -1.08. The van der Waals surface area contributed by atoms with E-state index in [0.29, 0.717) is 30.7 Å². The van der Waals surface area contributed by atoms with Gasteiger partial charge in [0, 0.05) is 57.3 Å². The fourth-order valence-electron chi connectivity index (χ4n) is 5.81. The van der Waals surface area contributed by atoms with Gasteiger partial charge in [-0.2, -0.15) is 0 Å². The maximum Gasteiger partial charge on any atom is 0.409 e. The Bertz CT molecular complexity index is 1310. The molecule has 250 valence electrons. The highest BCUT2D eigenvalue weighted by Crippen LogP contribution is 2.26. The van der Waals surface area contributed by atoms with Crippen LogP contribution in [0.3, 0.4) is 0 Å². The molecule has 3 heterocycles. The molecule has 2 fully saturated rings. The van der Waals surface area contributed by atoms with Crippen molar-refractivity contribution in [3.05, 3.63) is 42.1 Å². The van der Waals surface area contributed by atoms with E-state index in [-0.39, 0.29) is 44.7 Å². The summed E-state index contributed by atoms with van der Waals surface area (Å²) >= 11 is 0. The van der Waals surface area contributed by atoms with Crippen LogP contribution in [-0.4, -0.2) is 107 Å². The molecule has 0 saturated carbocycles. The number of rotatable bonds is 14. The van der Waals surface area contributed by atoms with Crippen molar-refractivity contribution in [2.45, 2.75) is 64.3 Å². The fraction of sp³-hybridized carbons (Fsp3) is 0.576. The van der Waals surface area contributed by atoms with Gasteiger partial charge in [-0.25, -0.2) is 14.8 Å². The number of piperidine rings is 1. The van der Waals surface area contributed by atoms with Crippen molar-refractivity contribution < 1.29 is 29.0 Å². The molecule has 0 aliphatic carbocycles. The van der Waals surface area contributed by atoms with Crippen LogP contribution in [-0.2, 0) is 14.3 Å². The van der Waals surface area contributed by atoms with E-state index in [1.165, 1.54) is 0 Å². The van der Waals surface area contributed by atoms with Gasteiger partial charge in [0.15, 0.2) is 5.82 Å². The molecular formula is C33H47N7O6. The summed E-state index contributed by atoms with van der Waals surface area (Å²) in [5.74, 6) is -0.494. The number of nitrogens with one attached hydrogen (secondary N) is 1. The van der Waals surface area contributed by atoms with Crippen LogP contribution >= 0.6 is 0 Å². The molecule has 46 heavy (non-hydrogen) atoms. The third kappa shape index (κ3) is 9.87. The molecule has 0 bridgehead atoms. The van der Waals surface area contributed by atoms with Crippen LogP contribution in [0.15, 0.2) is 36.4 Å². The summed E-state index contributed by atoms with van der Waals surface area (Å²) in [5.41, 5.74) is 6.61. The molecule has 2 aliphatic heterocycles. The van der Waals surface area contributed by atoms with E-state index in [2.05, 4.69) is 22.1 Å². The number of carbonyl (C=O) groups is 4. The Morgan fingerprint density at radius 2 is 1.70 bits per heavy atom. The molecule has 13 heteroatoms. The second-order valence-electron chi connectivity index (χ2n) is 11.9. The van der Waals surface area contributed by atoms with Crippen LogP contribution in [0.2, 0.25) is 0 Å². The van der Waals surface area contributed by atoms with E-state index in [4.69, 9.17) is 15.5 Å². The number of anilines is 1. The Morgan fingerprint density at radius 1 is 1.00 bits per heavy atom. The van der Waals surface area contributed by atoms with E-state index < -0.39 is 29.9 Å². The smallest absolute Gasteiger partial charge is 0.409 e. The predicted octanol–water partition coefficient (Wildman–Crippen LogP) is 3.14. The quantitative estimate of drug-likeness (QED) is 0.261. The predicted molar refractivity (Wildman–Crippen MR) is 173 cm³/mol. The fourth-order valence-corrected chi connectivity index (χ4v) is 5.81. The Balaban J connectivity index is 1.48. The number of carbonyl (C=O) groups excluding carboxylic acids is 3. The SMILES string of the molecule is CCCCCOC(=O)N1CCN(C(=O)[C@H](CCC(=O)O)NC(=O)c2cc(N3CCC(CCN)CC3)nc(-c3ccccc3)n2)CC1. The topological polar surface area (TPSA) is 171 Å². The summed E-state index contributed by atoms with van der Waals surface area (Å²) in [6, 6.07) is 9.92. The van der Waals surface area contributed by atoms with Crippen molar-refractivity contribution in [3.8, 4) is 11.4 Å². The number of carboxylic acid groups (broad SMARTS) is 1. The summed E-state index contributed by atoms with van der Waals surface area (Å²) in [5, 5.41) is 12.1. The number of nitrogens with two attached hydrogens (primary N) is 1. The standard InChI is InChI=1S/C33H47N7O6/c1-2-3-7-22-46-33(45)40-20-18-39(19-21-40)32(44)26(10-11-29(41)42)36-31(43)27-23-28(38-16-13-24(12-15-34)14-17-38)37-30(35-27)25-8-5-4-6-9-25/h4-6,8-9,23-24,26H,2-3,7,10-22,34H2,1H3,(H,36,43)(H,41,42)/t26-/m0/s1. The third-order valence-electron chi connectivity index (χ3n) is 8.56. The normalized spacial score (nSPS) is 16.2. The van der Waals surface area contributed by atoms with E-state index in [9.17, 15) is 24.3 Å². The first-order valence-electron chi connectivity index (χ1n) is 16.4. The Hall–Kier alpha value is -4.26. The highest BCUT2D eigenvalue weighted by atomic mass is 16.6. The number of aromatic nitrogens is 2. The molecule has 0 radical (unpaired) electrons. The summed E-state index contributed by atoms with van der Waals surface area (Å²) in [4.78, 5) is 65.8. The second kappa shape index (κ2) is 17.4. The minimum Gasteiger partial charge on any atom is -0.481 e. The van der Waals surface area contributed by atoms with Crippen LogP contribution in [0.25, 0.3) is 11.4 Å². The van der Waals surface area contributed by atoms with Gasteiger partial charge in [0.1, 0.15) is 17.6 Å². The number of ether oxygens (including phenoxy) is 1. The number of piperazine rings is 1. The first-order chi connectivity index (χ1) is 22.3. The van der Waals surface area contributed by atoms with Gasteiger partial charge < -0.3 is 35.6 Å². The number of hydrogen-bond donors (Lipinski definition) is 3. The largest absolute Gasteiger partial charge is 0.481 e. The molecule has 2 saturated heterocycles. The maximum absolute atomic E-state index is 13.7. The van der Waals surface area contributed by atoms with Crippen molar-refractivity contribution in [2.24, 2.45) is 11.7 Å². The molecule has 2 aliphatic rings. The van der Waals surface area contributed by atoms with Gasteiger partial charge in [-0.1, -0.05) is 50.1 Å². The zero-order valence-electron chi connectivity index (χ0n) is 26.7. The van der Waals surface area contributed by atoms with Crippen LogP contribution in [0.4, 0.5) is 10.6 Å². The molecule has 4 N–H and O–H groups in total. The number of carboxylic acids is 1. The van der Waals surface area contributed by atoms with Crippen LogP contribution in [0.1, 0.15) is 68.8 Å². The molecule has 1 atom stereocenters. The number of hydrogen-bond acceptors (Lipinski definition) is 9. The van der Waals surface area contributed by atoms with Crippen LogP contribution in [0, 0.1) is 5.92 Å². The molecular weight excluding hydrogens is 590 g/mol. The second-order valence-corrected chi connectivity index (χ2v) is 11.9. The van der Waals surface area contributed by atoms with Crippen molar-refractivity contribution in [1.82, 2.24) is 25.1 Å². The van der Waals surface area contributed by atoms with E-state index >= 15 is 0 Å². The average molecular weight is 638 g/mol. The first kappa shape index (κ1) is 34.6. The molecule has 2 aromatic rings. The van der Waals surface area contributed by atoms with Gasteiger partial charge in [-0.05, 0) is 44.6 Å². The Morgan fingerprint density at radius 3 is 2.35 bits per heavy atom. The third-order valence-corrected chi connectivity index (χ3v) is 8.56. The molecule has 0 unspecified atom stereocenters. The Kier molecular flexibility index (Phi) is 13.1. The lowest BCUT2D eigenvalue weighted by Gasteiger charge is -2.36. The number of unbranched alkanes of at least 4 members (excludes halogenated alkanes) is 2. The average Bonchev–Trinajstić information content (AvgIpc) is 3.08. The summed E-state index contributed by atoms with van der Waals surface area (Å²) < 4.78 is 5.35. The molecule has 1 aromatic heterocycles. The number of aliphatic carboxylic acids is 1. The van der Waals surface area contributed by atoms with E-state index in [0.717, 1.165) is 57.2 Å². The molecule has 0 spiro atoms. The van der Waals surface area contributed by atoms with Gasteiger partial charge in [0.05, 0.1) is 6.61 Å². The van der Waals surface area contributed by atoms with Gasteiger partial charge in [0.25, 0.3) is 5.91 Å². The zero-order chi connectivity index (χ0) is 32.9. The van der Waals surface area contributed by atoms with Crippen molar-refractivity contribution >= 4 is 29.7 Å². The summed E-state index contributed by atoms with van der Waals surface area (Å²) in [6.07, 6.45) is 4.94. The minimum absolute atomic E-state index is 0.0856. The molecule has 4 rings (SSSR count). The van der Waals surface area contributed by atoms with Crippen LogP contribution < -0.4 is 16.0 Å². The lowest BCUT2D eigenvalue weighted by Crippen LogP contribution is -2.56. The van der Waals surface area contributed by atoms with Crippen molar-refractivity contribution in [1.29, 1.82) is 0 Å². The van der Waals surface area contributed by atoms with Gasteiger partial charge in [-0.15, -0.1) is 0 Å². The highest BCUT2D eigenvalue weighted by molar-refractivity contribution is 5.97.